The molecule has 1 aromatic carbocycles. The normalized spacial score (nSPS) is 16.4. The number of ether oxygens (including phenoxy) is 1. The number of carbonyl (C=O) groups excluding carboxylic acids is 2. The molecule has 9 heteroatoms. The number of aromatic nitrogens is 3. The monoisotopic (exact) mass is 435 g/mol. The molecule has 2 N–H and O–H groups in total. The molecule has 5 rings (SSSR count). The lowest BCUT2D eigenvalue weighted by Crippen LogP contribution is -2.19. The smallest absolute Gasteiger partial charge is 0.237 e. The topological polar surface area (TPSA) is 97.6 Å². The number of hydrogen-bond donors (Lipinski definition) is 2. The Morgan fingerprint density at radius 3 is 2.66 bits per heavy atom. The van der Waals surface area contributed by atoms with Gasteiger partial charge < -0.3 is 15.4 Å². The number of halogens is 1. The highest BCUT2D eigenvalue weighted by atomic mass is 19.1. The van der Waals surface area contributed by atoms with Crippen LogP contribution in [0.2, 0.25) is 0 Å². The molecular weight excluding hydrogens is 413 g/mol. The molecule has 8 nitrogen and oxygen atoms in total. The zero-order chi connectivity index (χ0) is 22.5. The van der Waals surface area contributed by atoms with Gasteiger partial charge in [-0.3, -0.25) is 9.59 Å². The van der Waals surface area contributed by atoms with Crippen LogP contribution in [0.15, 0.2) is 48.8 Å². The van der Waals surface area contributed by atoms with E-state index in [-0.39, 0.29) is 29.2 Å². The number of amides is 1. The summed E-state index contributed by atoms with van der Waals surface area (Å²) < 4.78 is 21.7. The molecular formula is C23H22FN5O3. The summed E-state index contributed by atoms with van der Waals surface area (Å²) in [5.74, 6) is 0.0933. The Morgan fingerprint density at radius 1 is 1.22 bits per heavy atom. The summed E-state index contributed by atoms with van der Waals surface area (Å²) in [6.45, 7) is 5.50. The van der Waals surface area contributed by atoms with Gasteiger partial charge in [-0.05, 0) is 50.8 Å². The number of hydrogen-bond acceptors (Lipinski definition) is 6. The molecule has 0 saturated heterocycles. The first kappa shape index (κ1) is 20.2. The maximum atomic E-state index is 14.6. The van der Waals surface area contributed by atoms with Crippen molar-refractivity contribution in [3.05, 3.63) is 54.6 Å². The average Bonchev–Trinajstić information content (AvgIpc) is 3.65. The Morgan fingerprint density at radius 2 is 2.00 bits per heavy atom. The number of allylic oxidation sites excluding steroid dienone is 1. The minimum absolute atomic E-state index is 0.00286. The predicted molar refractivity (Wildman–Crippen MR) is 116 cm³/mol. The van der Waals surface area contributed by atoms with E-state index in [9.17, 15) is 14.0 Å². The fraction of sp³-hybridized carbons (Fsp3) is 0.304. The standard InChI is InChI=1S/C23H22FN5O3/c1-13(23(9-10-23)14(2)30)25-16-5-6-18(17(24)11-16)32-21-8-7-20-26-19(12-29(20)28-21)27-22(31)15-3-4-15/h5-8,11-12,15,25H,1,3-4,9-10H2,2H3,(H,27,31). The van der Waals surface area contributed by atoms with Crippen molar-refractivity contribution in [1.82, 2.24) is 14.6 Å². The van der Waals surface area contributed by atoms with Crippen LogP contribution in [-0.2, 0) is 9.59 Å². The largest absolute Gasteiger partial charge is 0.434 e. The van der Waals surface area contributed by atoms with Crippen molar-refractivity contribution in [2.24, 2.45) is 11.3 Å². The van der Waals surface area contributed by atoms with E-state index < -0.39 is 11.2 Å². The molecule has 2 fully saturated rings. The van der Waals surface area contributed by atoms with Gasteiger partial charge in [0.15, 0.2) is 23.0 Å². The lowest BCUT2D eigenvalue weighted by molar-refractivity contribution is -0.120. The molecule has 164 valence electrons. The van der Waals surface area contributed by atoms with Crippen LogP contribution in [-0.4, -0.2) is 26.3 Å². The van der Waals surface area contributed by atoms with Gasteiger partial charge in [-0.15, -0.1) is 5.10 Å². The van der Waals surface area contributed by atoms with E-state index in [0.717, 1.165) is 25.7 Å². The van der Waals surface area contributed by atoms with Gasteiger partial charge in [-0.1, -0.05) is 6.58 Å². The van der Waals surface area contributed by atoms with Gasteiger partial charge in [0.2, 0.25) is 11.8 Å². The summed E-state index contributed by atoms with van der Waals surface area (Å²) in [7, 11) is 0. The molecule has 2 saturated carbocycles. The van der Waals surface area contributed by atoms with E-state index in [1.165, 1.54) is 16.6 Å². The fourth-order valence-electron chi connectivity index (χ4n) is 3.61. The van der Waals surface area contributed by atoms with Gasteiger partial charge in [0.05, 0.1) is 11.6 Å². The van der Waals surface area contributed by atoms with Crippen molar-refractivity contribution in [3.63, 3.8) is 0 Å². The van der Waals surface area contributed by atoms with Gasteiger partial charge in [-0.25, -0.2) is 13.9 Å². The maximum Gasteiger partial charge on any atom is 0.237 e. The highest BCUT2D eigenvalue weighted by Crippen LogP contribution is 2.52. The van der Waals surface area contributed by atoms with Crippen LogP contribution >= 0.6 is 0 Å². The van der Waals surface area contributed by atoms with Gasteiger partial charge in [0.1, 0.15) is 5.78 Å². The second-order valence-electron chi connectivity index (χ2n) is 8.35. The zero-order valence-corrected chi connectivity index (χ0v) is 17.5. The van der Waals surface area contributed by atoms with Crippen molar-refractivity contribution in [1.29, 1.82) is 0 Å². The third-order valence-electron chi connectivity index (χ3n) is 5.94. The van der Waals surface area contributed by atoms with Crippen LogP contribution in [0.5, 0.6) is 11.6 Å². The van der Waals surface area contributed by atoms with Gasteiger partial charge in [-0.2, -0.15) is 0 Å². The molecule has 0 atom stereocenters. The molecule has 32 heavy (non-hydrogen) atoms. The first-order valence-electron chi connectivity index (χ1n) is 10.5. The number of anilines is 2. The van der Waals surface area contributed by atoms with E-state index in [1.54, 1.807) is 31.3 Å². The minimum Gasteiger partial charge on any atom is -0.434 e. The molecule has 2 heterocycles. The number of carbonyl (C=O) groups is 2. The lowest BCUT2D eigenvalue weighted by Gasteiger charge is -2.17. The van der Waals surface area contributed by atoms with Crippen molar-refractivity contribution in [3.8, 4) is 11.6 Å². The number of nitrogens with zero attached hydrogens (tertiary/aromatic N) is 3. The summed E-state index contributed by atoms with van der Waals surface area (Å²) in [6, 6.07) is 7.67. The number of imidazole rings is 1. The van der Waals surface area contributed by atoms with Crippen LogP contribution in [0, 0.1) is 17.2 Å². The van der Waals surface area contributed by atoms with Crippen molar-refractivity contribution in [2.45, 2.75) is 32.6 Å². The molecule has 2 aliphatic carbocycles. The second-order valence-corrected chi connectivity index (χ2v) is 8.35. The SMILES string of the molecule is C=C(Nc1ccc(Oc2ccc3nc(NC(=O)C4CC4)cn3n2)c(F)c1)C1(C(C)=O)CC1. The molecule has 0 unspecified atom stereocenters. The van der Waals surface area contributed by atoms with E-state index in [2.05, 4.69) is 27.3 Å². The Balaban J connectivity index is 1.28. The number of rotatable bonds is 8. The fourth-order valence-corrected chi connectivity index (χ4v) is 3.61. The Labute approximate surface area is 183 Å². The summed E-state index contributed by atoms with van der Waals surface area (Å²) in [4.78, 5) is 28.0. The molecule has 2 aliphatic rings. The third kappa shape index (κ3) is 3.81. The Hall–Kier alpha value is -3.75. The predicted octanol–water partition coefficient (Wildman–Crippen LogP) is 4.30. The lowest BCUT2D eigenvalue weighted by atomic mass is 9.98. The van der Waals surface area contributed by atoms with Gasteiger partial charge >= 0.3 is 0 Å². The van der Waals surface area contributed by atoms with Crippen molar-refractivity contribution < 1.29 is 18.7 Å². The number of Topliss-reactive ketones (excluding diaryl/α,β-unsaturated/α-hetero) is 1. The molecule has 0 radical (unpaired) electrons. The number of fused-ring (bicyclic) bond motifs is 1. The number of nitrogens with one attached hydrogen (secondary N) is 2. The minimum atomic E-state index is -0.583. The highest BCUT2D eigenvalue weighted by molar-refractivity contribution is 5.93. The van der Waals surface area contributed by atoms with Gasteiger partial charge in [0.25, 0.3) is 0 Å². The van der Waals surface area contributed by atoms with Crippen LogP contribution < -0.4 is 15.4 Å². The molecule has 1 amide bonds. The van der Waals surface area contributed by atoms with Crippen LogP contribution in [0.4, 0.5) is 15.9 Å². The molecule has 0 bridgehead atoms. The first-order valence-corrected chi connectivity index (χ1v) is 10.5. The van der Waals surface area contributed by atoms with Crippen LogP contribution in [0.25, 0.3) is 5.65 Å². The molecule has 3 aromatic rings. The van der Waals surface area contributed by atoms with E-state index in [0.29, 0.717) is 22.8 Å². The number of ketones is 1. The van der Waals surface area contributed by atoms with Gasteiger partial charge in [0, 0.05) is 29.4 Å². The Bertz CT molecular complexity index is 1260. The van der Waals surface area contributed by atoms with E-state index >= 15 is 0 Å². The van der Waals surface area contributed by atoms with Crippen LogP contribution in [0.3, 0.4) is 0 Å². The van der Waals surface area contributed by atoms with Crippen molar-refractivity contribution >= 4 is 28.8 Å². The first-order chi connectivity index (χ1) is 15.3. The summed E-state index contributed by atoms with van der Waals surface area (Å²) in [6.07, 6.45) is 4.90. The highest BCUT2D eigenvalue weighted by Gasteiger charge is 2.49. The summed E-state index contributed by atoms with van der Waals surface area (Å²) in [5.41, 5.74) is 1.06. The number of benzene rings is 1. The average molecular weight is 435 g/mol. The van der Waals surface area contributed by atoms with E-state index in [1.807, 2.05) is 0 Å². The maximum absolute atomic E-state index is 14.6. The van der Waals surface area contributed by atoms with Crippen LogP contribution in [0.1, 0.15) is 32.6 Å². The molecule has 2 aromatic heterocycles. The third-order valence-corrected chi connectivity index (χ3v) is 5.94. The summed E-state index contributed by atoms with van der Waals surface area (Å²) in [5, 5.41) is 10.1. The quantitative estimate of drug-likeness (QED) is 0.547. The second kappa shape index (κ2) is 7.44. The van der Waals surface area contributed by atoms with E-state index in [4.69, 9.17) is 4.74 Å². The summed E-state index contributed by atoms with van der Waals surface area (Å²) >= 11 is 0. The zero-order valence-electron chi connectivity index (χ0n) is 17.5. The van der Waals surface area contributed by atoms with Crippen molar-refractivity contribution in [2.75, 3.05) is 10.6 Å². The molecule has 0 aliphatic heterocycles. The Kier molecular flexibility index (Phi) is 4.69. The molecule has 0 spiro atoms.